The molecule has 0 N–H and O–H groups in total. The van der Waals surface area contributed by atoms with Crippen molar-refractivity contribution in [1.29, 1.82) is 0 Å². The van der Waals surface area contributed by atoms with Gasteiger partial charge in [0.1, 0.15) is 0 Å². The lowest BCUT2D eigenvalue weighted by atomic mass is 10.1. The predicted molar refractivity (Wildman–Crippen MR) is 51.8 cm³/mol. The van der Waals surface area contributed by atoms with Gasteiger partial charge in [-0.3, -0.25) is 0 Å². The minimum Gasteiger partial charge on any atom is -0.379 e. The van der Waals surface area contributed by atoms with Gasteiger partial charge in [0.15, 0.2) is 0 Å². The second-order valence-corrected chi connectivity index (χ2v) is 3.47. The summed E-state index contributed by atoms with van der Waals surface area (Å²) < 4.78 is 10.5. The van der Waals surface area contributed by atoms with Crippen molar-refractivity contribution in [3.8, 4) is 0 Å². The Balaban J connectivity index is 2.82. The van der Waals surface area contributed by atoms with Gasteiger partial charge in [0.25, 0.3) is 0 Å². The molecule has 0 fully saturated rings. The molecular weight excluding hydrogens is 176 g/mol. The number of alkyl halides is 1. The molecule has 0 aliphatic carbocycles. The molecule has 0 aromatic heterocycles. The van der Waals surface area contributed by atoms with Crippen molar-refractivity contribution in [2.24, 2.45) is 5.92 Å². The van der Waals surface area contributed by atoms with Crippen molar-refractivity contribution in [2.75, 3.05) is 32.3 Å². The zero-order valence-electron chi connectivity index (χ0n) is 8.01. The largest absolute Gasteiger partial charge is 0.379 e. The second-order valence-electron chi connectivity index (χ2n) is 3.10. The van der Waals surface area contributed by atoms with E-state index in [9.17, 15) is 0 Å². The highest BCUT2D eigenvalue weighted by molar-refractivity contribution is 6.17. The molecule has 0 saturated carbocycles. The Bertz CT molecular complexity index is 86.6. The minimum absolute atomic E-state index is 0.562. The molecule has 3 heteroatoms. The summed E-state index contributed by atoms with van der Waals surface area (Å²) in [7, 11) is 0. The van der Waals surface area contributed by atoms with Crippen LogP contribution in [0.4, 0.5) is 0 Å². The van der Waals surface area contributed by atoms with Gasteiger partial charge in [0.05, 0.1) is 19.8 Å². The lowest BCUT2D eigenvalue weighted by Gasteiger charge is -2.06. The van der Waals surface area contributed by atoms with E-state index in [4.69, 9.17) is 21.1 Å². The first kappa shape index (κ1) is 12.2. The van der Waals surface area contributed by atoms with Gasteiger partial charge in [0.2, 0.25) is 0 Å². The van der Waals surface area contributed by atoms with Crippen LogP contribution in [0.3, 0.4) is 0 Å². The smallest absolute Gasteiger partial charge is 0.0701 e. The molecule has 74 valence electrons. The van der Waals surface area contributed by atoms with Gasteiger partial charge in [-0.1, -0.05) is 13.8 Å². The van der Waals surface area contributed by atoms with Crippen LogP contribution < -0.4 is 0 Å². The van der Waals surface area contributed by atoms with Crippen LogP contribution in [0.25, 0.3) is 0 Å². The SMILES string of the molecule is CC(C)CCOCCOCCCl. The molecule has 0 rings (SSSR count). The zero-order chi connectivity index (χ0) is 9.23. The van der Waals surface area contributed by atoms with Crippen LogP contribution in [0.2, 0.25) is 0 Å². The fraction of sp³-hybridized carbons (Fsp3) is 1.00. The maximum Gasteiger partial charge on any atom is 0.0701 e. The Morgan fingerprint density at radius 1 is 1.00 bits per heavy atom. The summed E-state index contributed by atoms with van der Waals surface area (Å²) in [5.41, 5.74) is 0. The third-order valence-corrected chi connectivity index (χ3v) is 1.59. The molecule has 0 spiro atoms. The summed E-state index contributed by atoms with van der Waals surface area (Å²) in [5.74, 6) is 1.28. The average Bonchev–Trinajstić information content (AvgIpc) is 2.02. The standard InChI is InChI=1S/C9H19ClO2/c1-9(2)3-5-11-7-8-12-6-4-10/h9H,3-8H2,1-2H3. The summed E-state index contributed by atoms with van der Waals surface area (Å²) in [6.07, 6.45) is 1.12. The van der Waals surface area contributed by atoms with E-state index < -0.39 is 0 Å². The summed E-state index contributed by atoms with van der Waals surface area (Å²) in [5, 5.41) is 0. The van der Waals surface area contributed by atoms with Gasteiger partial charge >= 0.3 is 0 Å². The number of hydrogen-bond donors (Lipinski definition) is 0. The molecule has 0 unspecified atom stereocenters. The van der Waals surface area contributed by atoms with Gasteiger partial charge in [-0.05, 0) is 12.3 Å². The summed E-state index contributed by atoms with van der Waals surface area (Å²) in [6.45, 7) is 7.17. The highest BCUT2D eigenvalue weighted by Crippen LogP contribution is 1.98. The van der Waals surface area contributed by atoms with Crippen LogP contribution in [-0.2, 0) is 9.47 Å². The minimum atomic E-state index is 0.562. The maximum atomic E-state index is 5.42. The number of rotatable bonds is 8. The van der Waals surface area contributed by atoms with Crippen LogP contribution in [0.15, 0.2) is 0 Å². The fourth-order valence-electron chi connectivity index (χ4n) is 0.696. The summed E-state index contributed by atoms with van der Waals surface area (Å²) in [6, 6.07) is 0. The van der Waals surface area contributed by atoms with E-state index in [1.807, 2.05) is 0 Å². The van der Waals surface area contributed by atoms with Crippen molar-refractivity contribution >= 4 is 11.6 Å². The van der Waals surface area contributed by atoms with Crippen molar-refractivity contribution in [3.63, 3.8) is 0 Å². The van der Waals surface area contributed by atoms with Crippen LogP contribution in [0.5, 0.6) is 0 Å². The van der Waals surface area contributed by atoms with Crippen molar-refractivity contribution < 1.29 is 9.47 Å². The second kappa shape index (κ2) is 9.30. The molecule has 2 nitrogen and oxygen atoms in total. The first-order valence-electron chi connectivity index (χ1n) is 4.48. The molecule has 0 saturated heterocycles. The molecule has 0 aromatic carbocycles. The molecule has 0 aromatic rings. The third-order valence-electron chi connectivity index (χ3n) is 1.43. The Labute approximate surface area is 80.2 Å². The predicted octanol–water partition coefficient (Wildman–Crippen LogP) is 2.30. The maximum absolute atomic E-state index is 5.42. The zero-order valence-corrected chi connectivity index (χ0v) is 8.77. The van der Waals surface area contributed by atoms with Crippen molar-refractivity contribution in [2.45, 2.75) is 20.3 Å². The van der Waals surface area contributed by atoms with Crippen molar-refractivity contribution in [1.82, 2.24) is 0 Å². The van der Waals surface area contributed by atoms with Gasteiger partial charge in [-0.2, -0.15) is 0 Å². The number of halogens is 1. The first-order chi connectivity index (χ1) is 5.77. The monoisotopic (exact) mass is 194 g/mol. The van der Waals surface area contributed by atoms with E-state index in [1.165, 1.54) is 0 Å². The lowest BCUT2D eigenvalue weighted by molar-refractivity contribution is 0.0495. The van der Waals surface area contributed by atoms with Gasteiger partial charge < -0.3 is 9.47 Å². The van der Waals surface area contributed by atoms with E-state index in [-0.39, 0.29) is 0 Å². The Kier molecular flexibility index (Phi) is 9.46. The molecule has 12 heavy (non-hydrogen) atoms. The first-order valence-corrected chi connectivity index (χ1v) is 5.02. The Morgan fingerprint density at radius 2 is 1.58 bits per heavy atom. The van der Waals surface area contributed by atoms with E-state index in [0.717, 1.165) is 13.0 Å². The van der Waals surface area contributed by atoms with Gasteiger partial charge in [-0.15, -0.1) is 11.6 Å². The van der Waals surface area contributed by atoms with Gasteiger partial charge in [-0.25, -0.2) is 0 Å². The summed E-state index contributed by atoms with van der Waals surface area (Å²) >= 11 is 5.42. The molecular formula is C9H19ClO2. The van der Waals surface area contributed by atoms with Crippen LogP contribution in [0.1, 0.15) is 20.3 Å². The van der Waals surface area contributed by atoms with Crippen molar-refractivity contribution in [3.05, 3.63) is 0 Å². The number of hydrogen-bond acceptors (Lipinski definition) is 2. The average molecular weight is 195 g/mol. The normalized spacial score (nSPS) is 11.0. The molecule has 0 bridgehead atoms. The quantitative estimate of drug-likeness (QED) is 0.436. The van der Waals surface area contributed by atoms with Crippen LogP contribution in [-0.4, -0.2) is 32.3 Å². The Morgan fingerprint density at radius 3 is 2.08 bits per heavy atom. The molecule has 0 radical (unpaired) electrons. The topological polar surface area (TPSA) is 18.5 Å². The van der Waals surface area contributed by atoms with Crippen LogP contribution in [0, 0.1) is 5.92 Å². The molecule has 0 heterocycles. The Hall–Kier alpha value is 0.210. The molecule has 0 aliphatic rings. The van der Waals surface area contributed by atoms with E-state index in [2.05, 4.69) is 13.8 Å². The fourth-order valence-corrected chi connectivity index (χ4v) is 0.805. The van der Waals surface area contributed by atoms with Gasteiger partial charge in [0, 0.05) is 12.5 Å². The van der Waals surface area contributed by atoms with Crippen LogP contribution >= 0.6 is 11.6 Å². The molecule has 0 aliphatic heterocycles. The van der Waals surface area contributed by atoms with E-state index >= 15 is 0 Å². The molecule has 0 amide bonds. The van der Waals surface area contributed by atoms with E-state index in [1.54, 1.807) is 0 Å². The molecule has 0 atom stereocenters. The number of ether oxygens (including phenoxy) is 2. The third kappa shape index (κ3) is 10.2. The summed E-state index contributed by atoms with van der Waals surface area (Å²) in [4.78, 5) is 0. The lowest BCUT2D eigenvalue weighted by Crippen LogP contribution is -2.07. The van der Waals surface area contributed by atoms with E-state index in [0.29, 0.717) is 31.6 Å². The highest BCUT2D eigenvalue weighted by atomic mass is 35.5. The highest BCUT2D eigenvalue weighted by Gasteiger charge is 1.93.